The van der Waals surface area contributed by atoms with Crippen LogP contribution < -0.4 is 9.62 Å². The molecule has 0 saturated carbocycles. The van der Waals surface area contributed by atoms with Crippen molar-refractivity contribution >= 4 is 31.6 Å². The number of methoxy groups -OCH3 is 1. The van der Waals surface area contributed by atoms with E-state index in [4.69, 9.17) is 4.74 Å². The molecule has 0 saturated heterocycles. The number of ether oxygens (including phenoxy) is 1. The van der Waals surface area contributed by atoms with Gasteiger partial charge in [-0.25, -0.2) is 8.42 Å². The Bertz CT molecular complexity index is 915. The van der Waals surface area contributed by atoms with Crippen molar-refractivity contribution in [2.45, 2.75) is 24.3 Å². The molecule has 2 aromatic carbocycles. The standard InChI is InChI=1S/C19H23BrN2O3S/c1-13-5-7-15-18(11-13)26(23,24)22(2)17-8-6-14(20)12-16(17)19(15)21-9-4-10-25-3/h5-8,11-12,19,21H,4,9-10H2,1-3H3. The fourth-order valence-corrected chi connectivity index (χ4v) is 5.19. The van der Waals surface area contributed by atoms with E-state index in [1.165, 1.54) is 4.31 Å². The first-order valence-electron chi connectivity index (χ1n) is 8.47. The van der Waals surface area contributed by atoms with Gasteiger partial charge in [-0.1, -0.05) is 28.1 Å². The summed E-state index contributed by atoms with van der Waals surface area (Å²) >= 11 is 3.52. The number of nitrogens with zero attached hydrogens (tertiary/aromatic N) is 1. The zero-order valence-electron chi connectivity index (χ0n) is 15.1. The number of sulfonamides is 1. The molecule has 0 spiro atoms. The highest BCUT2D eigenvalue weighted by Crippen LogP contribution is 2.41. The lowest BCUT2D eigenvalue weighted by atomic mass is 9.96. The van der Waals surface area contributed by atoms with Crippen LogP contribution in [0.1, 0.15) is 29.2 Å². The van der Waals surface area contributed by atoms with Crippen molar-refractivity contribution in [3.63, 3.8) is 0 Å². The summed E-state index contributed by atoms with van der Waals surface area (Å²) in [6.45, 7) is 3.29. The molecule has 1 unspecified atom stereocenters. The molecule has 1 aliphatic heterocycles. The first-order valence-corrected chi connectivity index (χ1v) is 10.7. The van der Waals surface area contributed by atoms with Crippen molar-refractivity contribution in [1.82, 2.24) is 5.32 Å². The molecule has 3 rings (SSSR count). The van der Waals surface area contributed by atoms with E-state index in [1.807, 2.05) is 37.3 Å². The number of halogens is 1. The number of anilines is 1. The zero-order valence-corrected chi connectivity index (χ0v) is 17.5. The van der Waals surface area contributed by atoms with Gasteiger partial charge in [-0.05, 0) is 60.8 Å². The third-order valence-electron chi connectivity index (χ3n) is 4.63. The molecule has 0 amide bonds. The van der Waals surface area contributed by atoms with Gasteiger partial charge >= 0.3 is 0 Å². The van der Waals surface area contributed by atoms with Crippen LogP contribution in [0.4, 0.5) is 5.69 Å². The molecular weight excluding hydrogens is 416 g/mol. The van der Waals surface area contributed by atoms with Gasteiger partial charge < -0.3 is 10.1 Å². The van der Waals surface area contributed by atoms with Crippen molar-refractivity contribution in [2.75, 3.05) is 31.6 Å². The van der Waals surface area contributed by atoms with Crippen LogP contribution in [0.2, 0.25) is 0 Å². The monoisotopic (exact) mass is 438 g/mol. The van der Waals surface area contributed by atoms with Gasteiger partial charge in [0.1, 0.15) is 0 Å². The second-order valence-corrected chi connectivity index (χ2v) is 9.30. The molecule has 140 valence electrons. The van der Waals surface area contributed by atoms with Crippen LogP contribution in [0.5, 0.6) is 0 Å². The summed E-state index contributed by atoms with van der Waals surface area (Å²) < 4.78 is 33.8. The molecule has 0 radical (unpaired) electrons. The fourth-order valence-electron chi connectivity index (χ4n) is 3.27. The van der Waals surface area contributed by atoms with E-state index < -0.39 is 10.0 Å². The van der Waals surface area contributed by atoms with Crippen molar-refractivity contribution in [2.24, 2.45) is 0 Å². The molecule has 0 fully saturated rings. The SMILES string of the molecule is COCCCNC1c2cc(Br)ccc2N(C)S(=O)(=O)c2cc(C)ccc21. The van der Waals surface area contributed by atoms with Gasteiger partial charge in [0.05, 0.1) is 16.6 Å². The molecule has 0 bridgehead atoms. The van der Waals surface area contributed by atoms with Gasteiger partial charge in [0, 0.05) is 25.2 Å². The Morgan fingerprint density at radius 1 is 1.19 bits per heavy atom. The van der Waals surface area contributed by atoms with E-state index in [0.29, 0.717) is 17.2 Å². The molecule has 1 aliphatic rings. The summed E-state index contributed by atoms with van der Waals surface area (Å²) in [4.78, 5) is 0.358. The number of hydrogen-bond donors (Lipinski definition) is 1. The number of fused-ring (bicyclic) bond motifs is 2. The topological polar surface area (TPSA) is 58.6 Å². The molecular formula is C19H23BrN2O3S. The van der Waals surface area contributed by atoms with Gasteiger partial charge in [-0.15, -0.1) is 0 Å². The highest BCUT2D eigenvalue weighted by Gasteiger charge is 2.34. The van der Waals surface area contributed by atoms with Gasteiger partial charge in [0.15, 0.2) is 0 Å². The normalized spacial score (nSPS) is 18.2. The molecule has 5 nitrogen and oxygen atoms in total. The minimum atomic E-state index is -3.62. The zero-order chi connectivity index (χ0) is 18.9. The van der Waals surface area contributed by atoms with Crippen LogP contribution in [-0.2, 0) is 14.8 Å². The smallest absolute Gasteiger partial charge is 0.264 e. The largest absolute Gasteiger partial charge is 0.385 e. The second-order valence-electron chi connectivity index (χ2n) is 6.45. The van der Waals surface area contributed by atoms with Gasteiger partial charge in [0.25, 0.3) is 10.0 Å². The Hall–Kier alpha value is -1.41. The summed E-state index contributed by atoms with van der Waals surface area (Å²) in [6.07, 6.45) is 0.847. The van der Waals surface area contributed by atoms with E-state index in [0.717, 1.165) is 34.1 Å². The lowest BCUT2D eigenvalue weighted by Crippen LogP contribution is -2.26. The maximum absolute atomic E-state index is 13.2. The quantitative estimate of drug-likeness (QED) is 0.724. The van der Waals surface area contributed by atoms with E-state index in [9.17, 15) is 8.42 Å². The maximum Gasteiger partial charge on any atom is 0.264 e. The minimum absolute atomic E-state index is 0.213. The average molecular weight is 439 g/mol. The van der Waals surface area contributed by atoms with E-state index in [2.05, 4.69) is 21.2 Å². The maximum atomic E-state index is 13.2. The molecule has 1 atom stereocenters. The second kappa shape index (κ2) is 7.68. The van der Waals surface area contributed by atoms with Gasteiger partial charge in [0.2, 0.25) is 0 Å². The molecule has 26 heavy (non-hydrogen) atoms. The summed E-state index contributed by atoms with van der Waals surface area (Å²) in [5.74, 6) is 0. The highest BCUT2D eigenvalue weighted by molar-refractivity contribution is 9.10. The molecule has 0 aromatic heterocycles. The first-order chi connectivity index (χ1) is 12.4. The number of aryl methyl sites for hydroxylation is 1. The van der Waals surface area contributed by atoms with Crippen LogP contribution in [-0.4, -0.2) is 35.7 Å². The van der Waals surface area contributed by atoms with Crippen molar-refractivity contribution in [3.8, 4) is 0 Å². The Morgan fingerprint density at radius 2 is 1.96 bits per heavy atom. The highest BCUT2D eigenvalue weighted by atomic mass is 79.9. The number of rotatable bonds is 5. The summed E-state index contributed by atoms with van der Waals surface area (Å²) in [5, 5.41) is 3.52. The number of benzene rings is 2. The Balaban J connectivity index is 2.19. The average Bonchev–Trinajstić information content (AvgIpc) is 2.67. The van der Waals surface area contributed by atoms with E-state index in [1.54, 1.807) is 20.2 Å². The molecule has 0 aliphatic carbocycles. The molecule has 7 heteroatoms. The van der Waals surface area contributed by atoms with Crippen molar-refractivity contribution < 1.29 is 13.2 Å². The molecule has 2 aromatic rings. The predicted molar refractivity (Wildman–Crippen MR) is 107 cm³/mol. The van der Waals surface area contributed by atoms with Crippen LogP contribution in [0.15, 0.2) is 45.8 Å². The van der Waals surface area contributed by atoms with Crippen molar-refractivity contribution in [1.29, 1.82) is 0 Å². The van der Waals surface area contributed by atoms with Crippen LogP contribution >= 0.6 is 15.9 Å². The van der Waals surface area contributed by atoms with Crippen LogP contribution in [0, 0.1) is 6.92 Å². The predicted octanol–water partition coefficient (Wildman–Crippen LogP) is 3.61. The van der Waals surface area contributed by atoms with Crippen LogP contribution in [0.25, 0.3) is 0 Å². The molecule has 1 N–H and O–H groups in total. The molecule has 1 heterocycles. The van der Waals surface area contributed by atoms with Crippen LogP contribution in [0.3, 0.4) is 0 Å². The third kappa shape index (κ3) is 3.53. The van der Waals surface area contributed by atoms with E-state index >= 15 is 0 Å². The van der Waals surface area contributed by atoms with E-state index in [-0.39, 0.29) is 6.04 Å². The van der Waals surface area contributed by atoms with Crippen molar-refractivity contribution in [3.05, 3.63) is 57.6 Å². The first kappa shape index (κ1) is 19.4. The summed E-state index contributed by atoms with van der Waals surface area (Å²) in [7, 11) is -0.330. The van der Waals surface area contributed by atoms with Gasteiger partial charge in [-0.2, -0.15) is 0 Å². The summed E-state index contributed by atoms with van der Waals surface area (Å²) in [5.41, 5.74) is 3.32. The Kier molecular flexibility index (Phi) is 5.72. The fraction of sp³-hybridized carbons (Fsp3) is 0.368. The Morgan fingerprint density at radius 3 is 2.69 bits per heavy atom. The number of hydrogen-bond acceptors (Lipinski definition) is 4. The lowest BCUT2D eigenvalue weighted by molar-refractivity contribution is 0.193. The summed E-state index contributed by atoms with van der Waals surface area (Å²) in [6, 6.07) is 11.1. The minimum Gasteiger partial charge on any atom is -0.385 e. The number of nitrogens with one attached hydrogen (secondary N) is 1. The van der Waals surface area contributed by atoms with Gasteiger partial charge in [-0.3, -0.25) is 4.31 Å². The third-order valence-corrected chi connectivity index (χ3v) is 6.95. The lowest BCUT2D eigenvalue weighted by Gasteiger charge is -2.22. The Labute approximate surface area is 163 Å².